The molecule has 0 unspecified atom stereocenters. The van der Waals surface area contributed by atoms with Gasteiger partial charge in [-0.2, -0.15) is 0 Å². The Balaban J connectivity index is 1.45. The zero-order chi connectivity index (χ0) is 20.2. The van der Waals surface area contributed by atoms with Gasteiger partial charge in [-0.25, -0.2) is 0 Å². The Kier molecular flexibility index (Phi) is 6.50. The number of hydrogen-bond donors (Lipinski definition) is 1. The van der Waals surface area contributed by atoms with Crippen LogP contribution in [0.4, 0.5) is 0 Å². The van der Waals surface area contributed by atoms with E-state index in [4.69, 9.17) is 25.8 Å². The van der Waals surface area contributed by atoms with Crippen molar-refractivity contribution in [2.45, 2.75) is 44.0 Å². The first-order valence-corrected chi connectivity index (χ1v) is 10.4. The average Bonchev–Trinajstić information content (AvgIpc) is 3.23. The van der Waals surface area contributed by atoms with Crippen LogP contribution in [-0.2, 0) is 20.7 Å². The van der Waals surface area contributed by atoms with E-state index in [2.05, 4.69) is 0 Å². The van der Waals surface area contributed by atoms with Crippen molar-refractivity contribution in [2.75, 3.05) is 19.8 Å². The summed E-state index contributed by atoms with van der Waals surface area (Å²) < 4.78 is 17.1. The molecule has 2 heterocycles. The highest BCUT2D eigenvalue weighted by Crippen LogP contribution is 2.32. The molecule has 0 radical (unpaired) electrons. The molecule has 0 aromatic heterocycles. The van der Waals surface area contributed by atoms with Crippen LogP contribution in [0.25, 0.3) is 0 Å². The van der Waals surface area contributed by atoms with Gasteiger partial charge in [-0.3, -0.25) is 4.79 Å². The number of carbonyl (C=O) groups is 1. The lowest BCUT2D eigenvalue weighted by Gasteiger charge is -2.28. The van der Waals surface area contributed by atoms with Crippen LogP contribution in [-0.4, -0.2) is 42.9 Å². The van der Waals surface area contributed by atoms with Gasteiger partial charge in [0.05, 0.1) is 32.0 Å². The lowest BCUT2D eigenvalue weighted by Crippen LogP contribution is -2.30. The Labute approximate surface area is 175 Å². The van der Waals surface area contributed by atoms with Crippen LogP contribution >= 0.6 is 11.6 Å². The fourth-order valence-electron chi connectivity index (χ4n) is 3.81. The number of Topliss-reactive ketones (excluding diaryl/α,β-unsaturated/α-hetero) is 1. The highest BCUT2D eigenvalue weighted by Gasteiger charge is 2.28. The summed E-state index contributed by atoms with van der Waals surface area (Å²) in [5.41, 5.74) is 3.01. The van der Waals surface area contributed by atoms with Crippen LogP contribution in [0.3, 0.4) is 0 Å². The molecule has 4 rings (SSSR count). The summed E-state index contributed by atoms with van der Waals surface area (Å²) in [6.07, 6.45) is 1.56. The molecule has 0 spiro atoms. The monoisotopic (exact) mass is 416 g/mol. The molecule has 2 aliphatic rings. The van der Waals surface area contributed by atoms with Crippen LogP contribution in [0.2, 0.25) is 5.02 Å². The van der Waals surface area contributed by atoms with Crippen LogP contribution in [0.5, 0.6) is 5.75 Å². The highest BCUT2D eigenvalue weighted by atomic mass is 35.5. The predicted octanol–water partition coefficient (Wildman–Crippen LogP) is 3.88. The molecule has 0 aliphatic carbocycles. The normalized spacial score (nSPS) is 24.6. The molecule has 154 valence electrons. The third kappa shape index (κ3) is 5.17. The summed E-state index contributed by atoms with van der Waals surface area (Å²) in [5.74, 6) is 0.952. The van der Waals surface area contributed by atoms with E-state index in [0.29, 0.717) is 24.5 Å². The van der Waals surface area contributed by atoms with Gasteiger partial charge < -0.3 is 19.3 Å². The molecule has 2 saturated heterocycles. The van der Waals surface area contributed by atoms with Crippen LogP contribution < -0.4 is 4.74 Å². The van der Waals surface area contributed by atoms with Crippen LogP contribution in [0.1, 0.15) is 42.1 Å². The maximum Gasteiger partial charge on any atom is 0.138 e. The van der Waals surface area contributed by atoms with E-state index in [1.807, 2.05) is 42.5 Å². The van der Waals surface area contributed by atoms with Crippen molar-refractivity contribution in [2.24, 2.45) is 0 Å². The van der Waals surface area contributed by atoms with Crippen LogP contribution in [0, 0.1) is 0 Å². The Morgan fingerprint density at radius 2 is 1.97 bits per heavy atom. The number of halogens is 1. The van der Waals surface area contributed by atoms with E-state index in [-0.39, 0.29) is 31.0 Å². The summed E-state index contributed by atoms with van der Waals surface area (Å²) in [5, 5.41) is 10.0. The van der Waals surface area contributed by atoms with Crippen molar-refractivity contribution in [3.63, 3.8) is 0 Å². The summed E-state index contributed by atoms with van der Waals surface area (Å²) in [6.45, 7) is 1.25. The van der Waals surface area contributed by atoms with Gasteiger partial charge >= 0.3 is 0 Å². The fourth-order valence-corrected chi connectivity index (χ4v) is 4.00. The number of ketones is 1. The largest absolute Gasteiger partial charge is 0.488 e. The van der Waals surface area contributed by atoms with Crippen molar-refractivity contribution in [1.82, 2.24) is 0 Å². The van der Waals surface area contributed by atoms with Crippen LogP contribution in [0.15, 0.2) is 42.5 Å². The topological polar surface area (TPSA) is 65.0 Å². The first kappa shape index (κ1) is 20.4. The number of carbonyl (C=O) groups excluding carboxylic acids is 1. The Bertz CT molecular complexity index is 845. The summed E-state index contributed by atoms with van der Waals surface area (Å²) in [6, 6.07) is 13.8. The number of aliphatic hydroxyl groups is 1. The second kappa shape index (κ2) is 9.26. The molecular weight excluding hydrogens is 392 g/mol. The quantitative estimate of drug-likeness (QED) is 0.774. The second-order valence-electron chi connectivity index (χ2n) is 7.65. The molecule has 2 aromatic carbocycles. The number of aliphatic hydroxyl groups excluding tert-OH is 1. The SMILES string of the molecule is O=C1C[C@@H](CO)O[C@@H](c2ccc(Cl)c(Cc3ccc(O[C@H]4CCOC4)cc3)c2)C1. The smallest absolute Gasteiger partial charge is 0.138 e. The van der Waals surface area contributed by atoms with Gasteiger partial charge in [0.25, 0.3) is 0 Å². The van der Waals surface area contributed by atoms with Crippen molar-refractivity contribution in [1.29, 1.82) is 0 Å². The van der Waals surface area contributed by atoms with Crippen molar-refractivity contribution >= 4 is 17.4 Å². The molecule has 2 aliphatic heterocycles. The molecule has 2 fully saturated rings. The Morgan fingerprint density at radius 3 is 2.69 bits per heavy atom. The van der Waals surface area contributed by atoms with E-state index in [1.54, 1.807) is 0 Å². The third-order valence-corrected chi connectivity index (χ3v) is 5.75. The maximum absolute atomic E-state index is 12.0. The average molecular weight is 417 g/mol. The Morgan fingerprint density at radius 1 is 1.14 bits per heavy atom. The van der Waals surface area contributed by atoms with Gasteiger partial charge in [0.1, 0.15) is 17.6 Å². The highest BCUT2D eigenvalue weighted by molar-refractivity contribution is 6.31. The molecule has 5 nitrogen and oxygen atoms in total. The zero-order valence-corrected chi connectivity index (χ0v) is 16.9. The van der Waals surface area contributed by atoms with Gasteiger partial charge in [-0.1, -0.05) is 35.9 Å². The zero-order valence-electron chi connectivity index (χ0n) is 16.2. The number of hydrogen-bond acceptors (Lipinski definition) is 5. The van der Waals surface area contributed by atoms with Crippen molar-refractivity contribution < 1.29 is 24.1 Å². The minimum atomic E-state index is -0.432. The van der Waals surface area contributed by atoms with Gasteiger partial charge in [0, 0.05) is 24.3 Å². The second-order valence-corrected chi connectivity index (χ2v) is 8.06. The molecule has 6 heteroatoms. The first-order chi connectivity index (χ1) is 14.1. The molecule has 29 heavy (non-hydrogen) atoms. The standard InChI is InChI=1S/C23H25ClO5/c24-22-6-3-16(23-12-18(26)11-21(13-25)29-23)10-17(22)9-15-1-4-19(5-2-15)28-20-7-8-27-14-20/h1-6,10,20-21,23,25H,7-9,11-14H2/t20-,21-,23+/m0/s1. The number of rotatable bonds is 6. The molecule has 3 atom stereocenters. The van der Waals surface area contributed by atoms with E-state index >= 15 is 0 Å². The molecule has 2 aromatic rings. The Hall–Kier alpha value is -1.92. The molecule has 0 bridgehead atoms. The maximum atomic E-state index is 12.0. The van der Waals surface area contributed by atoms with Crippen molar-refractivity contribution in [3.8, 4) is 5.75 Å². The number of benzene rings is 2. The molecule has 0 saturated carbocycles. The third-order valence-electron chi connectivity index (χ3n) is 5.38. The predicted molar refractivity (Wildman–Crippen MR) is 109 cm³/mol. The minimum absolute atomic E-state index is 0.111. The van der Waals surface area contributed by atoms with Gasteiger partial charge in [-0.15, -0.1) is 0 Å². The minimum Gasteiger partial charge on any atom is -0.488 e. The molecule has 1 N–H and O–H groups in total. The summed E-state index contributed by atoms with van der Waals surface area (Å²) in [4.78, 5) is 12.0. The van der Waals surface area contributed by atoms with E-state index < -0.39 is 6.10 Å². The van der Waals surface area contributed by atoms with Gasteiger partial charge in [0.2, 0.25) is 0 Å². The van der Waals surface area contributed by atoms with Crippen molar-refractivity contribution in [3.05, 3.63) is 64.2 Å². The molecule has 0 amide bonds. The first-order valence-electron chi connectivity index (χ1n) is 10.0. The fraction of sp³-hybridized carbons (Fsp3) is 0.435. The van der Waals surface area contributed by atoms with Gasteiger partial charge in [-0.05, 0) is 41.3 Å². The summed E-state index contributed by atoms with van der Waals surface area (Å²) >= 11 is 6.43. The van der Waals surface area contributed by atoms with Gasteiger partial charge in [0.15, 0.2) is 0 Å². The van der Waals surface area contributed by atoms with E-state index in [0.717, 1.165) is 35.5 Å². The summed E-state index contributed by atoms with van der Waals surface area (Å²) in [7, 11) is 0. The van der Waals surface area contributed by atoms with E-state index in [1.165, 1.54) is 0 Å². The molecular formula is C23H25ClO5. The number of ether oxygens (including phenoxy) is 3. The van der Waals surface area contributed by atoms with E-state index in [9.17, 15) is 9.90 Å². The lowest BCUT2D eigenvalue weighted by atomic mass is 9.95. The lowest BCUT2D eigenvalue weighted by molar-refractivity contribution is -0.139.